The first-order chi connectivity index (χ1) is 13.9. The van der Waals surface area contributed by atoms with E-state index < -0.39 is 11.7 Å². The van der Waals surface area contributed by atoms with Crippen LogP contribution < -0.4 is 5.56 Å². The second-order valence-corrected chi connectivity index (χ2v) is 6.68. The average Bonchev–Trinajstić information content (AvgIpc) is 3.05. The third-order valence-corrected chi connectivity index (χ3v) is 4.73. The first-order valence-electron chi connectivity index (χ1n) is 9.04. The van der Waals surface area contributed by atoms with Crippen molar-refractivity contribution in [2.24, 2.45) is 0 Å². The van der Waals surface area contributed by atoms with E-state index in [1.807, 2.05) is 60.7 Å². The van der Waals surface area contributed by atoms with Crippen LogP contribution >= 0.6 is 0 Å². The molecule has 146 valence electrons. The third kappa shape index (κ3) is 3.87. The molecule has 4 rings (SSSR count). The van der Waals surface area contributed by atoms with Gasteiger partial charge in [0.1, 0.15) is 0 Å². The predicted octanol–water partition coefficient (Wildman–Crippen LogP) is 5.44. The van der Waals surface area contributed by atoms with Crippen LogP contribution in [0.5, 0.6) is 0 Å². The lowest BCUT2D eigenvalue weighted by Crippen LogP contribution is -2.18. The summed E-state index contributed by atoms with van der Waals surface area (Å²) in [5.74, 6) is 0. The standard InChI is InChI=1S/C23H17F3N2O/c24-23(25,26)18-11-13-19(14-12-18)28-22(29)20(15-16-7-3-1-4-8-16)21(27-28)17-9-5-2-6-10-17/h1-14,27H,15H2. The number of hydrogen-bond donors (Lipinski definition) is 1. The van der Waals surface area contributed by atoms with Crippen LogP contribution in [0.25, 0.3) is 16.9 Å². The first kappa shape index (κ1) is 18.8. The van der Waals surface area contributed by atoms with Crippen LogP contribution in [0, 0.1) is 0 Å². The normalized spacial score (nSPS) is 11.6. The highest BCUT2D eigenvalue weighted by Crippen LogP contribution is 2.30. The Bertz CT molecular complexity index is 1160. The Morgan fingerprint density at radius 3 is 1.97 bits per heavy atom. The summed E-state index contributed by atoms with van der Waals surface area (Å²) in [5, 5.41) is 3.08. The van der Waals surface area contributed by atoms with Crippen molar-refractivity contribution in [1.29, 1.82) is 0 Å². The van der Waals surface area contributed by atoms with Gasteiger partial charge < -0.3 is 0 Å². The zero-order valence-corrected chi connectivity index (χ0v) is 15.3. The van der Waals surface area contributed by atoms with E-state index >= 15 is 0 Å². The molecule has 0 amide bonds. The maximum atomic E-state index is 13.2. The maximum absolute atomic E-state index is 13.2. The fourth-order valence-electron chi connectivity index (χ4n) is 3.26. The van der Waals surface area contributed by atoms with E-state index in [-0.39, 0.29) is 5.56 Å². The molecule has 0 saturated heterocycles. The highest BCUT2D eigenvalue weighted by atomic mass is 19.4. The molecule has 0 unspecified atom stereocenters. The summed E-state index contributed by atoms with van der Waals surface area (Å²) in [6, 6.07) is 23.5. The molecule has 0 atom stereocenters. The van der Waals surface area contributed by atoms with Gasteiger partial charge in [0, 0.05) is 12.0 Å². The van der Waals surface area contributed by atoms with Crippen molar-refractivity contribution in [3.8, 4) is 16.9 Å². The largest absolute Gasteiger partial charge is 0.416 e. The van der Waals surface area contributed by atoms with Crippen LogP contribution in [0.15, 0.2) is 89.7 Å². The number of hydrogen-bond acceptors (Lipinski definition) is 1. The second kappa shape index (κ2) is 7.47. The van der Waals surface area contributed by atoms with Gasteiger partial charge >= 0.3 is 6.18 Å². The molecule has 0 aliphatic rings. The highest BCUT2D eigenvalue weighted by Gasteiger charge is 2.30. The molecule has 29 heavy (non-hydrogen) atoms. The molecule has 3 nitrogen and oxygen atoms in total. The molecule has 1 N–H and O–H groups in total. The summed E-state index contributed by atoms with van der Waals surface area (Å²) in [5.41, 5.74) is 2.32. The number of nitrogens with zero attached hydrogens (tertiary/aromatic N) is 1. The Morgan fingerprint density at radius 2 is 1.38 bits per heavy atom. The molecule has 0 bridgehead atoms. The zero-order chi connectivity index (χ0) is 20.4. The van der Waals surface area contributed by atoms with Crippen molar-refractivity contribution in [2.45, 2.75) is 12.6 Å². The monoisotopic (exact) mass is 394 g/mol. The lowest BCUT2D eigenvalue weighted by Gasteiger charge is -2.07. The number of H-pyrrole nitrogens is 1. The number of rotatable bonds is 4. The van der Waals surface area contributed by atoms with E-state index in [9.17, 15) is 18.0 Å². The van der Waals surface area contributed by atoms with Gasteiger partial charge in [-0.25, -0.2) is 4.68 Å². The van der Waals surface area contributed by atoms with Gasteiger partial charge in [-0.15, -0.1) is 0 Å². The molecule has 0 radical (unpaired) electrons. The molecule has 1 heterocycles. The van der Waals surface area contributed by atoms with Crippen molar-refractivity contribution in [3.05, 3.63) is 112 Å². The molecular weight excluding hydrogens is 377 g/mol. The molecule has 3 aromatic carbocycles. The Labute approximate surface area is 165 Å². The Hall–Kier alpha value is -3.54. The number of aromatic nitrogens is 2. The smallest absolute Gasteiger partial charge is 0.290 e. The summed E-state index contributed by atoms with van der Waals surface area (Å²) in [4.78, 5) is 13.2. The van der Waals surface area contributed by atoms with Gasteiger partial charge in [-0.1, -0.05) is 60.7 Å². The van der Waals surface area contributed by atoms with Crippen LogP contribution in [-0.4, -0.2) is 9.78 Å². The van der Waals surface area contributed by atoms with E-state index in [2.05, 4.69) is 5.10 Å². The molecule has 1 aromatic heterocycles. The summed E-state index contributed by atoms with van der Waals surface area (Å²) in [6.07, 6.45) is -4.01. The Kier molecular flexibility index (Phi) is 4.84. The predicted molar refractivity (Wildman–Crippen MR) is 106 cm³/mol. The highest BCUT2D eigenvalue weighted by molar-refractivity contribution is 5.64. The lowest BCUT2D eigenvalue weighted by atomic mass is 10.0. The van der Waals surface area contributed by atoms with Crippen molar-refractivity contribution in [1.82, 2.24) is 9.78 Å². The van der Waals surface area contributed by atoms with Crippen molar-refractivity contribution in [3.63, 3.8) is 0 Å². The molecular formula is C23H17F3N2O. The van der Waals surface area contributed by atoms with Crippen LogP contribution in [0.1, 0.15) is 16.7 Å². The number of aromatic amines is 1. The third-order valence-electron chi connectivity index (χ3n) is 4.73. The quantitative estimate of drug-likeness (QED) is 0.492. The first-order valence-corrected chi connectivity index (χ1v) is 9.04. The fourth-order valence-corrected chi connectivity index (χ4v) is 3.26. The van der Waals surface area contributed by atoms with E-state index in [0.29, 0.717) is 23.4 Å². The molecule has 0 fully saturated rings. The molecule has 0 aliphatic heterocycles. The summed E-state index contributed by atoms with van der Waals surface area (Å²) >= 11 is 0. The van der Waals surface area contributed by atoms with Crippen molar-refractivity contribution in [2.75, 3.05) is 0 Å². The van der Waals surface area contributed by atoms with Gasteiger partial charge in [-0.05, 0) is 35.4 Å². The van der Waals surface area contributed by atoms with E-state index in [4.69, 9.17) is 0 Å². The van der Waals surface area contributed by atoms with E-state index in [1.165, 1.54) is 16.8 Å². The summed E-state index contributed by atoms with van der Waals surface area (Å²) < 4.78 is 39.9. The van der Waals surface area contributed by atoms with Gasteiger partial charge in [0.05, 0.1) is 16.9 Å². The minimum Gasteiger partial charge on any atom is -0.290 e. The van der Waals surface area contributed by atoms with Crippen LogP contribution in [0.2, 0.25) is 0 Å². The Morgan fingerprint density at radius 1 is 0.793 bits per heavy atom. The van der Waals surface area contributed by atoms with Gasteiger partial charge in [0.25, 0.3) is 5.56 Å². The van der Waals surface area contributed by atoms with Crippen LogP contribution in [0.4, 0.5) is 13.2 Å². The summed E-state index contributed by atoms with van der Waals surface area (Å²) in [6.45, 7) is 0. The number of nitrogens with one attached hydrogen (secondary N) is 1. The topological polar surface area (TPSA) is 37.8 Å². The number of alkyl halides is 3. The van der Waals surface area contributed by atoms with Gasteiger partial charge in [-0.2, -0.15) is 13.2 Å². The number of benzene rings is 3. The van der Waals surface area contributed by atoms with Crippen molar-refractivity contribution >= 4 is 0 Å². The maximum Gasteiger partial charge on any atom is 0.416 e. The number of halogens is 3. The fraction of sp³-hybridized carbons (Fsp3) is 0.0870. The van der Waals surface area contributed by atoms with E-state index in [1.54, 1.807) is 0 Å². The van der Waals surface area contributed by atoms with Crippen LogP contribution in [-0.2, 0) is 12.6 Å². The molecule has 0 spiro atoms. The lowest BCUT2D eigenvalue weighted by molar-refractivity contribution is -0.137. The van der Waals surface area contributed by atoms with Crippen LogP contribution in [0.3, 0.4) is 0 Å². The molecule has 4 aromatic rings. The Balaban J connectivity index is 1.83. The molecule has 6 heteroatoms. The molecule has 0 saturated carbocycles. The van der Waals surface area contributed by atoms with Crippen molar-refractivity contribution < 1.29 is 13.2 Å². The SMILES string of the molecule is O=c1c(Cc2ccccc2)c(-c2ccccc2)[nH]n1-c1ccc(C(F)(F)F)cc1. The van der Waals surface area contributed by atoms with Gasteiger partial charge in [-0.3, -0.25) is 9.89 Å². The second-order valence-electron chi connectivity index (χ2n) is 6.68. The summed E-state index contributed by atoms with van der Waals surface area (Å²) in [7, 11) is 0. The minimum atomic E-state index is -4.42. The molecule has 0 aliphatic carbocycles. The average molecular weight is 394 g/mol. The minimum absolute atomic E-state index is 0.285. The van der Waals surface area contributed by atoms with Gasteiger partial charge in [0.15, 0.2) is 0 Å². The zero-order valence-electron chi connectivity index (χ0n) is 15.3. The van der Waals surface area contributed by atoms with E-state index in [0.717, 1.165) is 23.3 Å². The van der Waals surface area contributed by atoms with Gasteiger partial charge in [0.2, 0.25) is 0 Å².